The molecular weight excluding hydrogens is 350 g/mol. The number of sulfone groups is 1. The Labute approximate surface area is 145 Å². The molecule has 1 saturated heterocycles. The number of nitro benzene ring substituents is 1. The van der Waals surface area contributed by atoms with E-state index in [1.807, 2.05) is 0 Å². The van der Waals surface area contributed by atoms with Gasteiger partial charge in [0, 0.05) is 30.5 Å². The summed E-state index contributed by atoms with van der Waals surface area (Å²) in [5.74, 6) is -0.213. The average Bonchev–Trinajstić information content (AvgIpc) is 2.58. The maximum atomic E-state index is 12.7. The van der Waals surface area contributed by atoms with Gasteiger partial charge < -0.3 is 15.4 Å². The standard InChI is InChI=1S/C15H21N3O6S/c1-24-13-4-3-12(18(20)21)9-11(13)10-17-14(19)15(25(2,22)23)5-7-16-8-6-15/h3-4,9,16H,5-8,10H2,1-2H3,(H,17,19). The molecule has 9 nitrogen and oxygen atoms in total. The van der Waals surface area contributed by atoms with Crippen molar-refractivity contribution in [3.05, 3.63) is 33.9 Å². The normalized spacial score (nSPS) is 16.9. The van der Waals surface area contributed by atoms with E-state index in [-0.39, 0.29) is 25.1 Å². The van der Waals surface area contributed by atoms with Crippen LogP contribution in [0.4, 0.5) is 5.69 Å². The highest BCUT2D eigenvalue weighted by atomic mass is 32.2. The third-order valence-electron chi connectivity index (χ3n) is 4.45. The predicted molar refractivity (Wildman–Crippen MR) is 91.2 cm³/mol. The van der Waals surface area contributed by atoms with E-state index in [1.165, 1.54) is 25.3 Å². The summed E-state index contributed by atoms with van der Waals surface area (Å²) in [6, 6.07) is 4.04. The Balaban J connectivity index is 2.23. The number of carbonyl (C=O) groups is 1. The Morgan fingerprint density at radius 1 is 1.40 bits per heavy atom. The molecule has 1 aliphatic heterocycles. The first-order valence-corrected chi connectivity index (χ1v) is 9.60. The smallest absolute Gasteiger partial charge is 0.270 e. The summed E-state index contributed by atoms with van der Waals surface area (Å²) in [5.41, 5.74) is 0.271. The predicted octanol–water partition coefficient (Wildman–Crippen LogP) is 0.386. The molecule has 0 aromatic heterocycles. The lowest BCUT2D eigenvalue weighted by atomic mass is 9.95. The van der Waals surface area contributed by atoms with Gasteiger partial charge in [0.2, 0.25) is 5.91 Å². The van der Waals surface area contributed by atoms with Crippen LogP contribution in [0.2, 0.25) is 0 Å². The van der Waals surface area contributed by atoms with Crippen molar-refractivity contribution in [3.63, 3.8) is 0 Å². The van der Waals surface area contributed by atoms with Gasteiger partial charge in [-0.15, -0.1) is 0 Å². The van der Waals surface area contributed by atoms with Crippen molar-refractivity contribution in [3.8, 4) is 5.75 Å². The van der Waals surface area contributed by atoms with Gasteiger partial charge in [-0.05, 0) is 32.0 Å². The molecule has 138 valence electrons. The van der Waals surface area contributed by atoms with Crippen molar-refractivity contribution in [1.82, 2.24) is 10.6 Å². The van der Waals surface area contributed by atoms with Crippen molar-refractivity contribution in [2.45, 2.75) is 24.1 Å². The number of piperidine rings is 1. The molecule has 2 N–H and O–H groups in total. The summed E-state index contributed by atoms with van der Waals surface area (Å²) in [5, 5.41) is 16.6. The fourth-order valence-electron chi connectivity index (χ4n) is 2.95. The van der Waals surface area contributed by atoms with Gasteiger partial charge in [0.25, 0.3) is 5.69 Å². The Kier molecular flexibility index (Phi) is 5.63. The van der Waals surface area contributed by atoms with Crippen molar-refractivity contribution in [2.75, 3.05) is 26.5 Å². The Bertz CT molecular complexity index is 771. The van der Waals surface area contributed by atoms with Crippen LogP contribution in [-0.2, 0) is 21.2 Å². The van der Waals surface area contributed by atoms with Crippen LogP contribution in [0.15, 0.2) is 18.2 Å². The van der Waals surface area contributed by atoms with Gasteiger partial charge in [-0.1, -0.05) is 0 Å². The summed E-state index contributed by atoms with van der Waals surface area (Å²) in [6.45, 7) is 0.801. The molecule has 0 aliphatic carbocycles. The minimum Gasteiger partial charge on any atom is -0.496 e. The van der Waals surface area contributed by atoms with Crippen molar-refractivity contribution in [1.29, 1.82) is 0 Å². The van der Waals surface area contributed by atoms with Crippen molar-refractivity contribution in [2.24, 2.45) is 0 Å². The lowest BCUT2D eigenvalue weighted by Crippen LogP contribution is -2.57. The van der Waals surface area contributed by atoms with Crippen LogP contribution in [0.25, 0.3) is 0 Å². The molecule has 1 aromatic carbocycles. The number of benzene rings is 1. The highest BCUT2D eigenvalue weighted by Crippen LogP contribution is 2.29. The number of methoxy groups -OCH3 is 1. The fraction of sp³-hybridized carbons (Fsp3) is 0.533. The second-order valence-corrected chi connectivity index (χ2v) is 8.28. The largest absolute Gasteiger partial charge is 0.496 e. The molecule has 0 saturated carbocycles. The molecule has 0 unspecified atom stereocenters. The molecule has 1 aromatic rings. The molecule has 1 heterocycles. The summed E-state index contributed by atoms with van der Waals surface area (Å²) >= 11 is 0. The number of rotatable bonds is 6. The number of nitro groups is 1. The van der Waals surface area contributed by atoms with E-state index >= 15 is 0 Å². The third kappa shape index (κ3) is 3.90. The molecule has 2 rings (SSSR count). The van der Waals surface area contributed by atoms with Crippen LogP contribution in [0.1, 0.15) is 18.4 Å². The summed E-state index contributed by atoms with van der Waals surface area (Å²) < 4.78 is 28.1. The Hall–Kier alpha value is -2.20. The van der Waals surface area contributed by atoms with Gasteiger partial charge in [-0.3, -0.25) is 14.9 Å². The van der Waals surface area contributed by atoms with Gasteiger partial charge in [-0.2, -0.15) is 0 Å². The van der Waals surface area contributed by atoms with E-state index < -0.39 is 25.4 Å². The lowest BCUT2D eigenvalue weighted by molar-refractivity contribution is -0.384. The van der Waals surface area contributed by atoms with Gasteiger partial charge in [0.15, 0.2) is 14.6 Å². The Morgan fingerprint density at radius 3 is 2.56 bits per heavy atom. The molecule has 1 aliphatic rings. The number of amides is 1. The van der Waals surface area contributed by atoms with Crippen LogP contribution in [-0.4, -0.2) is 50.5 Å². The number of hydrogen-bond acceptors (Lipinski definition) is 7. The zero-order chi connectivity index (χ0) is 18.7. The number of hydrogen-bond donors (Lipinski definition) is 2. The molecule has 10 heteroatoms. The van der Waals surface area contributed by atoms with Crippen LogP contribution >= 0.6 is 0 Å². The number of non-ortho nitro benzene ring substituents is 1. The summed E-state index contributed by atoms with van der Waals surface area (Å²) in [7, 11) is -2.21. The molecule has 25 heavy (non-hydrogen) atoms. The number of ether oxygens (including phenoxy) is 1. The van der Waals surface area contributed by atoms with Crippen LogP contribution in [0, 0.1) is 10.1 Å². The molecule has 1 amide bonds. The fourth-order valence-corrected chi connectivity index (χ4v) is 4.30. The molecule has 0 atom stereocenters. The summed E-state index contributed by atoms with van der Waals surface area (Å²) in [6.07, 6.45) is 1.43. The van der Waals surface area contributed by atoms with Crippen molar-refractivity contribution < 1.29 is 22.9 Å². The zero-order valence-electron chi connectivity index (χ0n) is 14.1. The van der Waals surface area contributed by atoms with Crippen LogP contribution < -0.4 is 15.4 Å². The molecule has 1 fully saturated rings. The van der Waals surface area contributed by atoms with Crippen molar-refractivity contribution >= 4 is 21.4 Å². The number of carbonyl (C=O) groups excluding carboxylic acids is 1. The molecular formula is C15H21N3O6S. The van der Waals surface area contributed by atoms with Gasteiger partial charge in [-0.25, -0.2) is 8.42 Å². The van der Waals surface area contributed by atoms with E-state index in [0.717, 1.165) is 6.26 Å². The minimum absolute atomic E-state index is 0.0611. The van der Waals surface area contributed by atoms with E-state index in [1.54, 1.807) is 0 Å². The molecule has 0 radical (unpaired) electrons. The number of nitrogens with one attached hydrogen (secondary N) is 2. The minimum atomic E-state index is -3.62. The maximum Gasteiger partial charge on any atom is 0.270 e. The zero-order valence-corrected chi connectivity index (χ0v) is 14.9. The highest BCUT2D eigenvalue weighted by Gasteiger charge is 2.48. The number of nitrogens with zero attached hydrogens (tertiary/aromatic N) is 1. The maximum absolute atomic E-state index is 12.7. The van der Waals surface area contributed by atoms with E-state index in [0.29, 0.717) is 24.4 Å². The van der Waals surface area contributed by atoms with E-state index in [2.05, 4.69) is 10.6 Å². The van der Waals surface area contributed by atoms with Gasteiger partial charge in [0.05, 0.1) is 12.0 Å². The average molecular weight is 371 g/mol. The third-order valence-corrected chi connectivity index (χ3v) is 6.46. The first-order chi connectivity index (χ1) is 11.7. The lowest BCUT2D eigenvalue weighted by Gasteiger charge is -2.34. The SMILES string of the molecule is COc1ccc([N+](=O)[O-])cc1CNC(=O)C1(S(C)(=O)=O)CCNCC1. The first-order valence-electron chi connectivity index (χ1n) is 7.71. The van der Waals surface area contributed by atoms with Crippen LogP contribution in [0.5, 0.6) is 5.75 Å². The second-order valence-electron chi connectivity index (χ2n) is 5.95. The molecule has 0 spiro atoms. The topological polar surface area (TPSA) is 128 Å². The molecule has 0 bridgehead atoms. The van der Waals surface area contributed by atoms with E-state index in [9.17, 15) is 23.3 Å². The van der Waals surface area contributed by atoms with Gasteiger partial charge >= 0.3 is 0 Å². The summed E-state index contributed by atoms with van der Waals surface area (Å²) in [4.78, 5) is 23.0. The van der Waals surface area contributed by atoms with Gasteiger partial charge in [0.1, 0.15) is 5.75 Å². The first kappa shape index (κ1) is 19.1. The van der Waals surface area contributed by atoms with E-state index in [4.69, 9.17) is 4.74 Å². The highest BCUT2D eigenvalue weighted by molar-refractivity contribution is 7.92. The Morgan fingerprint density at radius 2 is 2.04 bits per heavy atom. The monoisotopic (exact) mass is 371 g/mol. The quantitative estimate of drug-likeness (QED) is 0.547. The second kappa shape index (κ2) is 7.36. The van der Waals surface area contributed by atoms with Crippen LogP contribution in [0.3, 0.4) is 0 Å².